The Morgan fingerprint density at radius 2 is 1.17 bits per heavy atom. The maximum Gasteiger partial charge on any atom is 1.00 e. The van der Waals surface area contributed by atoms with Crippen molar-refractivity contribution in [3.8, 4) is 12.1 Å². The van der Waals surface area contributed by atoms with Crippen molar-refractivity contribution in [2.75, 3.05) is 0 Å². The zero-order valence-electron chi connectivity index (χ0n) is 2.89. The van der Waals surface area contributed by atoms with Crippen molar-refractivity contribution in [2.45, 2.75) is 0 Å². The average Bonchev–Trinajstić information content (AvgIpc) is 1.37. The molecule has 0 heterocycles. The van der Waals surface area contributed by atoms with Crippen LogP contribution in [0.3, 0.4) is 0 Å². The molecule has 0 atom stereocenters. The number of nitriles is 2. The molecule has 0 aromatic rings. The zero-order valence-corrected chi connectivity index (χ0v) is 4.89. The molecule has 0 bridgehead atoms. The second-order valence-electron chi connectivity index (χ2n) is 0.224. The Morgan fingerprint density at radius 3 is 1.17 bits per heavy atom. The first-order chi connectivity index (χ1) is 1.91. The Morgan fingerprint density at radius 1 is 1.00 bits per heavy atom. The van der Waals surface area contributed by atoms with Crippen molar-refractivity contribution in [1.29, 1.82) is 10.5 Å². The molecule has 0 aliphatic heterocycles. The summed E-state index contributed by atoms with van der Waals surface area (Å²) in [6, 6.07) is 2.47. The van der Waals surface area contributed by atoms with Crippen LogP contribution in [0.15, 0.2) is 0 Å². The molecule has 0 fully saturated rings. The summed E-state index contributed by atoms with van der Waals surface area (Å²) in [5.41, 5.74) is 0. The quantitative estimate of drug-likeness (QED) is 0.282. The first kappa shape index (κ1) is 16.6. The summed E-state index contributed by atoms with van der Waals surface area (Å²) >= 11 is 0. The summed E-state index contributed by atoms with van der Waals surface area (Å²) in [5, 5.41) is 14.5. The zero-order chi connectivity index (χ0) is 3.41. The van der Waals surface area contributed by atoms with Crippen LogP contribution in [0.1, 0.15) is 0 Å². The Balaban J connectivity index is -0.0000000450. The van der Waals surface area contributed by atoms with Gasteiger partial charge in [0.15, 0.2) is 12.1 Å². The van der Waals surface area contributed by atoms with Crippen molar-refractivity contribution < 1.29 is 29.6 Å². The fourth-order valence-corrected chi connectivity index (χ4v) is 0. The number of nitrogens with zero attached hydrogens (tertiary/aromatic N) is 2. The van der Waals surface area contributed by atoms with Gasteiger partial charge in [-0.1, -0.05) is 8.41 Å². The smallest absolute Gasteiger partial charge is 0.181 e. The summed E-state index contributed by atoms with van der Waals surface area (Å²) < 4.78 is 0. The van der Waals surface area contributed by atoms with Gasteiger partial charge in [0.1, 0.15) is 0 Å². The molecule has 0 aliphatic carbocycles. The monoisotopic (exact) mass is 90.0 g/mol. The van der Waals surface area contributed by atoms with E-state index in [0.717, 1.165) is 0 Å². The van der Waals surface area contributed by atoms with Crippen LogP contribution in [0.2, 0.25) is 0 Å². The van der Waals surface area contributed by atoms with Gasteiger partial charge in [0, 0.05) is 0 Å². The first-order valence-electron chi connectivity index (χ1n) is 0.697. The normalized spacial score (nSPS) is 1.67. The molecule has 0 spiro atoms. The minimum atomic E-state index is 0. The number of hydrogen-bond donors (Lipinski definition) is 0. The molecule has 26 valence electrons. The van der Waals surface area contributed by atoms with E-state index in [-0.39, 0.29) is 38.0 Å². The Labute approximate surface area is 60.6 Å². The fraction of sp³-hybridized carbons (Fsp3) is 0. The molecule has 0 saturated carbocycles. The summed E-state index contributed by atoms with van der Waals surface area (Å²) in [4.78, 5) is 0. The molecular weight excluding hydrogens is 85.8 g/mol. The van der Waals surface area contributed by atoms with Crippen LogP contribution >= 0.6 is 0 Å². The van der Waals surface area contributed by atoms with E-state index in [1.807, 2.05) is 0 Å². The molecule has 0 saturated heterocycles. The molecule has 0 amide bonds. The predicted molar refractivity (Wildman–Crippen MR) is 22.6 cm³/mol. The second-order valence-corrected chi connectivity index (χ2v) is 0.224. The van der Waals surface area contributed by atoms with E-state index in [9.17, 15) is 0 Å². The topological polar surface area (TPSA) is 47.6 Å². The molecule has 2 nitrogen and oxygen atoms in total. The SMILES string of the molecule is N#CC#N.[BH4-].[Na+]. The van der Waals surface area contributed by atoms with Crippen molar-refractivity contribution in [2.24, 2.45) is 0 Å². The second kappa shape index (κ2) is 19.7. The molecule has 0 aromatic carbocycles. The summed E-state index contributed by atoms with van der Waals surface area (Å²) in [7, 11) is 0. The van der Waals surface area contributed by atoms with Gasteiger partial charge in [-0.3, -0.25) is 0 Å². The fourth-order valence-electron chi connectivity index (χ4n) is 0. The molecule has 0 aromatic heterocycles. The molecule has 0 radical (unpaired) electrons. The van der Waals surface area contributed by atoms with Crippen LogP contribution < -0.4 is 29.6 Å². The third kappa shape index (κ3) is 34.3. The summed E-state index contributed by atoms with van der Waals surface area (Å²) in [5.74, 6) is 0. The van der Waals surface area contributed by atoms with Gasteiger partial charge in [-0.2, -0.15) is 10.5 Å². The van der Waals surface area contributed by atoms with E-state index >= 15 is 0 Å². The van der Waals surface area contributed by atoms with Crippen molar-refractivity contribution in [3.63, 3.8) is 0 Å². The predicted octanol–water partition coefficient (Wildman–Crippen LogP) is -4.41. The first-order valence-corrected chi connectivity index (χ1v) is 0.697. The van der Waals surface area contributed by atoms with Gasteiger partial charge in [-0.25, -0.2) is 0 Å². The Hall–Kier alpha value is 0.0449. The van der Waals surface area contributed by atoms with Crippen LogP contribution in [0.5, 0.6) is 0 Å². The van der Waals surface area contributed by atoms with Crippen LogP contribution in [0.25, 0.3) is 0 Å². The Bertz CT molecular complexity index is 66.5. The standard InChI is InChI=1S/C2N2.BH4.Na/c3-1-2-4;;/h;1H4;/q;-1;+1. The largest absolute Gasteiger partial charge is 1.00 e. The van der Waals surface area contributed by atoms with Crippen LogP contribution in [0, 0.1) is 22.7 Å². The molecule has 0 rings (SSSR count). The van der Waals surface area contributed by atoms with E-state index in [4.69, 9.17) is 10.5 Å². The van der Waals surface area contributed by atoms with E-state index in [2.05, 4.69) is 0 Å². The molecule has 0 aliphatic rings. The maximum atomic E-state index is 7.26. The van der Waals surface area contributed by atoms with E-state index in [0.29, 0.717) is 0 Å². The van der Waals surface area contributed by atoms with Gasteiger partial charge in [0.05, 0.1) is 0 Å². The van der Waals surface area contributed by atoms with E-state index in [1.54, 1.807) is 0 Å². The minimum Gasteiger partial charge on any atom is -0.181 e. The maximum absolute atomic E-state index is 7.26. The van der Waals surface area contributed by atoms with Gasteiger partial charge < -0.3 is 0 Å². The van der Waals surface area contributed by atoms with Gasteiger partial charge in [-0.05, 0) is 0 Å². The molecule has 0 N–H and O–H groups in total. The van der Waals surface area contributed by atoms with E-state index < -0.39 is 0 Å². The van der Waals surface area contributed by atoms with Crippen LogP contribution in [-0.2, 0) is 0 Å². The molecule has 0 unspecified atom stereocenters. The number of rotatable bonds is 0. The van der Waals surface area contributed by atoms with E-state index in [1.165, 1.54) is 12.1 Å². The van der Waals surface area contributed by atoms with Crippen LogP contribution in [0.4, 0.5) is 0 Å². The van der Waals surface area contributed by atoms with Gasteiger partial charge in [-0.15, -0.1) is 0 Å². The average molecular weight is 89.9 g/mol. The molecular formula is C2H4BN2Na. The summed E-state index contributed by atoms with van der Waals surface area (Å²) in [6.07, 6.45) is 0. The van der Waals surface area contributed by atoms with Crippen LogP contribution in [-0.4, -0.2) is 8.41 Å². The third-order valence-corrected chi connectivity index (χ3v) is 0.0500. The molecule has 6 heavy (non-hydrogen) atoms. The van der Waals surface area contributed by atoms with Gasteiger partial charge in [0.2, 0.25) is 0 Å². The van der Waals surface area contributed by atoms with Crippen molar-refractivity contribution >= 4 is 8.41 Å². The number of hydrogen-bond acceptors (Lipinski definition) is 2. The third-order valence-electron chi connectivity index (χ3n) is 0.0500. The minimum absolute atomic E-state index is 0. The van der Waals surface area contributed by atoms with Gasteiger partial charge in [0.25, 0.3) is 0 Å². The van der Waals surface area contributed by atoms with Gasteiger partial charge >= 0.3 is 29.6 Å². The summed E-state index contributed by atoms with van der Waals surface area (Å²) in [6.45, 7) is 0. The van der Waals surface area contributed by atoms with Crippen molar-refractivity contribution in [3.05, 3.63) is 0 Å². The molecule has 4 heteroatoms. The van der Waals surface area contributed by atoms with Crippen molar-refractivity contribution in [1.82, 2.24) is 0 Å². The Kier molecular flexibility index (Phi) is 54.6.